The first kappa shape index (κ1) is 13.8. The Morgan fingerprint density at radius 3 is 2.81 bits per heavy atom. The second kappa shape index (κ2) is 6.55. The summed E-state index contributed by atoms with van der Waals surface area (Å²) in [7, 11) is 0. The molecule has 108 valence electrons. The maximum Gasteiger partial charge on any atom is 0.0925 e. The summed E-state index contributed by atoms with van der Waals surface area (Å²) in [6.07, 6.45) is 3.71. The molecule has 0 atom stereocenters. The van der Waals surface area contributed by atoms with Crippen LogP contribution in [0, 0.1) is 6.92 Å². The lowest BCUT2D eigenvalue weighted by Gasteiger charge is -2.07. The number of hydrogen-bond donors (Lipinski definition) is 1. The standard InChI is InChI=1S/C18H20N2O/c1-14-18(20-13-19-14)10-5-11-21-12-16-8-4-7-15-6-2-3-9-17(15)16/h2-4,6-9,13H,5,10-12H2,1H3,(H,19,20). The van der Waals surface area contributed by atoms with Gasteiger partial charge in [0.2, 0.25) is 0 Å². The molecule has 1 N–H and O–H groups in total. The molecule has 0 radical (unpaired) electrons. The van der Waals surface area contributed by atoms with Gasteiger partial charge in [0.25, 0.3) is 0 Å². The molecule has 1 aromatic heterocycles. The Hall–Kier alpha value is -2.13. The first-order valence-corrected chi connectivity index (χ1v) is 7.38. The van der Waals surface area contributed by atoms with Crippen LogP contribution in [0.1, 0.15) is 23.4 Å². The van der Waals surface area contributed by atoms with Crippen LogP contribution >= 0.6 is 0 Å². The lowest BCUT2D eigenvalue weighted by Crippen LogP contribution is -1.99. The van der Waals surface area contributed by atoms with E-state index in [-0.39, 0.29) is 0 Å². The molecule has 3 nitrogen and oxygen atoms in total. The van der Waals surface area contributed by atoms with Crippen molar-refractivity contribution in [2.75, 3.05) is 6.61 Å². The van der Waals surface area contributed by atoms with Crippen LogP contribution in [0.2, 0.25) is 0 Å². The maximum atomic E-state index is 5.83. The average Bonchev–Trinajstić information content (AvgIpc) is 2.92. The summed E-state index contributed by atoms with van der Waals surface area (Å²) in [6.45, 7) is 3.48. The molecule has 0 bridgehead atoms. The third-order valence-corrected chi connectivity index (χ3v) is 3.77. The number of fused-ring (bicyclic) bond motifs is 1. The smallest absolute Gasteiger partial charge is 0.0925 e. The number of aryl methyl sites for hydroxylation is 2. The van der Waals surface area contributed by atoms with Crippen LogP contribution in [0.3, 0.4) is 0 Å². The van der Waals surface area contributed by atoms with Crippen LogP contribution < -0.4 is 0 Å². The van der Waals surface area contributed by atoms with Gasteiger partial charge in [0.15, 0.2) is 0 Å². The number of nitrogens with one attached hydrogen (secondary N) is 1. The molecular formula is C18H20N2O. The summed E-state index contributed by atoms with van der Waals surface area (Å²) < 4.78 is 5.83. The highest BCUT2D eigenvalue weighted by molar-refractivity contribution is 5.85. The number of nitrogens with zero attached hydrogens (tertiary/aromatic N) is 1. The van der Waals surface area contributed by atoms with Gasteiger partial charge in [-0.1, -0.05) is 42.5 Å². The molecule has 0 spiro atoms. The summed E-state index contributed by atoms with van der Waals surface area (Å²) in [5.41, 5.74) is 3.55. The first-order chi connectivity index (χ1) is 10.3. The van der Waals surface area contributed by atoms with Crippen LogP contribution in [0.4, 0.5) is 0 Å². The molecular weight excluding hydrogens is 260 g/mol. The summed E-state index contributed by atoms with van der Waals surface area (Å²) in [6, 6.07) is 14.8. The van der Waals surface area contributed by atoms with Gasteiger partial charge in [-0.05, 0) is 36.1 Å². The minimum Gasteiger partial charge on any atom is -0.377 e. The van der Waals surface area contributed by atoms with E-state index in [0.717, 1.165) is 30.8 Å². The lowest BCUT2D eigenvalue weighted by atomic mass is 10.1. The monoisotopic (exact) mass is 280 g/mol. The van der Waals surface area contributed by atoms with E-state index in [1.807, 2.05) is 0 Å². The van der Waals surface area contributed by atoms with Crippen molar-refractivity contribution in [2.24, 2.45) is 0 Å². The third-order valence-electron chi connectivity index (χ3n) is 3.77. The Morgan fingerprint density at radius 1 is 1.10 bits per heavy atom. The zero-order valence-electron chi connectivity index (χ0n) is 12.3. The van der Waals surface area contributed by atoms with Gasteiger partial charge in [0.1, 0.15) is 0 Å². The number of aromatic nitrogens is 2. The highest BCUT2D eigenvalue weighted by Crippen LogP contribution is 2.19. The minimum atomic E-state index is 0.668. The largest absolute Gasteiger partial charge is 0.377 e. The minimum absolute atomic E-state index is 0.668. The number of H-pyrrole nitrogens is 1. The molecule has 0 unspecified atom stereocenters. The van der Waals surface area contributed by atoms with Crippen LogP contribution in [-0.2, 0) is 17.8 Å². The summed E-state index contributed by atoms with van der Waals surface area (Å²) >= 11 is 0. The Bertz CT molecular complexity index is 713. The van der Waals surface area contributed by atoms with Crippen molar-refractivity contribution in [3.05, 3.63) is 65.7 Å². The van der Waals surface area contributed by atoms with Crippen molar-refractivity contribution < 1.29 is 4.74 Å². The number of benzene rings is 2. The lowest BCUT2D eigenvalue weighted by molar-refractivity contribution is 0.119. The number of ether oxygens (including phenoxy) is 1. The topological polar surface area (TPSA) is 37.9 Å². The van der Waals surface area contributed by atoms with E-state index in [0.29, 0.717) is 6.61 Å². The highest BCUT2D eigenvalue weighted by Gasteiger charge is 2.02. The predicted octanol–water partition coefficient (Wildman–Crippen LogP) is 4.02. The van der Waals surface area contributed by atoms with Gasteiger partial charge in [-0.25, -0.2) is 4.98 Å². The summed E-state index contributed by atoms with van der Waals surface area (Å²) in [4.78, 5) is 7.40. The van der Waals surface area contributed by atoms with Crippen molar-refractivity contribution >= 4 is 10.8 Å². The Kier molecular flexibility index (Phi) is 4.31. The van der Waals surface area contributed by atoms with E-state index < -0.39 is 0 Å². The van der Waals surface area contributed by atoms with Crippen molar-refractivity contribution in [1.82, 2.24) is 9.97 Å². The molecule has 2 aromatic carbocycles. The van der Waals surface area contributed by atoms with E-state index in [2.05, 4.69) is 59.4 Å². The van der Waals surface area contributed by atoms with Crippen molar-refractivity contribution in [2.45, 2.75) is 26.4 Å². The zero-order chi connectivity index (χ0) is 14.5. The number of rotatable bonds is 6. The quantitative estimate of drug-likeness (QED) is 0.692. The molecule has 3 rings (SSSR count). The maximum absolute atomic E-state index is 5.83. The van der Waals surface area contributed by atoms with Gasteiger partial charge >= 0.3 is 0 Å². The van der Waals surface area contributed by atoms with Gasteiger partial charge in [0.05, 0.1) is 18.6 Å². The molecule has 3 heteroatoms. The molecule has 0 aliphatic rings. The van der Waals surface area contributed by atoms with Crippen LogP contribution in [0.5, 0.6) is 0 Å². The van der Waals surface area contributed by atoms with Gasteiger partial charge in [0, 0.05) is 12.3 Å². The van der Waals surface area contributed by atoms with Crippen molar-refractivity contribution in [3.63, 3.8) is 0 Å². The van der Waals surface area contributed by atoms with Gasteiger partial charge in [-0.2, -0.15) is 0 Å². The predicted molar refractivity (Wildman–Crippen MR) is 85.2 cm³/mol. The van der Waals surface area contributed by atoms with Crippen LogP contribution in [-0.4, -0.2) is 16.6 Å². The van der Waals surface area contributed by atoms with E-state index >= 15 is 0 Å². The number of aromatic amines is 1. The summed E-state index contributed by atoms with van der Waals surface area (Å²) in [5.74, 6) is 0. The molecule has 21 heavy (non-hydrogen) atoms. The van der Waals surface area contributed by atoms with Crippen LogP contribution in [0.15, 0.2) is 48.8 Å². The summed E-state index contributed by atoms with van der Waals surface area (Å²) in [5, 5.41) is 2.55. The average molecular weight is 280 g/mol. The fourth-order valence-electron chi connectivity index (χ4n) is 2.58. The van der Waals surface area contributed by atoms with E-state index in [4.69, 9.17) is 4.74 Å². The SMILES string of the molecule is Cc1[nH]cnc1CCCOCc1cccc2ccccc12. The number of imidazole rings is 1. The first-order valence-electron chi connectivity index (χ1n) is 7.38. The number of hydrogen-bond acceptors (Lipinski definition) is 2. The molecule has 0 fully saturated rings. The second-order valence-electron chi connectivity index (χ2n) is 5.27. The van der Waals surface area contributed by atoms with E-state index in [9.17, 15) is 0 Å². The normalized spacial score (nSPS) is 11.1. The molecule has 0 aliphatic carbocycles. The van der Waals surface area contributed by atoms with Crippen molar-refractivity contribution in [3.8, 4) is 0 Å². The van der Waals surface area contributed by atoms with Gasteiger partial charge in [-0.3, -0.25) is 0 Å². The molecule has 0 saturated carbocycles. The van der Waals surface area contributed by atoms with E-state index in [1.165, 1.54) is 16.3 Å². The molecule has 0 saturated heterocycles. The molecule has 0 aliphatic heterocycles. The fourth-order valence-corrected chi connectivity index (χ4v) is 2.58. The Labute approximate surface area is 125 Å². The molecule has 1 heterocycles. The second-order valence-corrected chi connectivity index (χ2v) is 5.27. The Morgan fingerprint density at radius 2 is 1.95 bits per heavy atom. The van der Waals surface area contributed by atoms with E-state index in [1.54, 1.807) is 6.33 Å². The third kappa shape index (κ3) is 3.31. The van der Waals surface area contributed by atoms with Gasteiger partial charge < -0.3 is 9.72 Å². The highest BCUT2D eigenvalue weighted by atomic mass is 16.5. The molecule has 3 aromatic rings. The van der Waals surface area contributed by atoms with Crippen LogP contribution in [0.25, 0.3) is 10.8 Å². The molecule has 0 amide bonds. The zero-order valence-corrected chi connectivity index (χ0v) is 12.3. The fraction of sp³-hybridized carbons (Fsp3) is 0.278. The Balaban J connectivity index is 1.52. The van der Waals surface area contributed by atoms with Gasteiger partial charge in [-0.15, -0.1) is 0 Å². The van der Waals surface area contributed by atoms with Crippen molar-refractivity contribution in [1.29, 1.82) is 0 Å².